The highest BCUT2D eigenvalue weighted by Crippen LogP contribution is 2.33. The van der Waals surface area contributed by atoms with Gasteiger partial charge in [-0.1, -0.05) is 17.7 Å². The summed E-state index contributed by atoms with van der Waals surface area (Å²) in [5.74, 6) is 1.28. The number of non-ortho nitro benzene ring substituents is 1. The van der Waals surface area contributed by atoms with Crippen molar-refractivity contribution < 1.29 is 18.8 Å². The fraction of sp³-hybridized carbons (Fsp3) is 0.154. The molecule has 0 saturated carbocycles. The van der Waals surface area contributed by atoms with E-state index in [1.807, 2.05) is 35.8 Å². The number of hydrogen-bond donors (Lipinski definition) is 1. The molecule has 0 fully saturated rings. The number of anilines is 2. The number of nitro groups is 1. The van der Waals surface area contributed by atoms with Crippen LogP contribution >= 0.6 is 0 Å². The summed E-state index contributed by atoms with van der Waals surface area (Å²) < 4.78 is 21.0. The molecular formula is C26H22FN5O4. The van der Waals surface area contributed by atoms with Gasteiger partial charge in [-0.2, -0.15) is 0 Å². The molecule has 0 spiro atoms. The van der Waals surface area contributed by atoms with Crippen LogP contribution in [0.2, 0.25) is 0 Å². The minimum Gasteiger partial charge on any atom is -0.410 e. The van der Waals surface area contributed by atoms with E-state index in [2.05, 4.69) is 5.32 Å². The van der Waals surface area contributed by atoms with E-state index >= 15 is 0 Å². The Bertz CT molecular complexity index is 1420. The summed E-state index contributed by atoms with van der Waals surface area (Å²) in [5.41, 5.74) is 3.32. The Morgan fingerprint density at radius 3 is 2.39 bits per heavy atom. The molecule has 0 aliphatic carbocycles. The highest BCUT2D eigenvalue weighted by atomic mass is 19.1. The number of aromatic nitrogens is 2. The highest BCUT2D eigenvalue weighted by molar-refractivity contribution is 5.77. The summed E-state index contributed by atoms with van der Waals surface area (Å²) >= 11 is 0. The van der Waals surface area contributed by atoms with Crippen LogP contribution in [0.5, 0.6) is 5.75 Å². The van der Waals surface area contributed by atoms with Gasteiger partial charge in [0.05, 0.1) is 11.5 Å². The van der Waals surface area contributed by atoms with E-state index in [-0.39, 0.29) is 23.8 Å². The average molecular weight is 487 g/mol. The molecule has 0 bridgehead atoms. The van der Waals surface area contributed by atoms with Crippen LogP contribution < -0.4 is 10.1 Å². The third kappa shape index (κ3) is 4.74. The fourth-order valence-electron chi connectivity index (χ4n) is 4.00. The van der Waals surface area contributed by atoms with E-state index in [1.165, 1.54) is 41.3 Å². The number of nitro benzene ring substituents is 1. The molecule has 0 atom stereocenters. The summed E-state index contributed by atoms with van der Waals surface area (Å²) in [7, 11) is 0. The summed E-state index contributed by atoms with van der Waals surface area (Å²) in [5, 5.41) is 14.3. The topological polar surface area (TPSA) is 103 Å². The van der Waals surface area contributed by atoms with E-state index < -0.39 is 11.0 Å². The van der Waals surface area contributed by atoms with Gasteiger partial charge in [-0.25, -0.2) is 14.2 Å². The van der Waals surface area contributed by atoms with Crippen molar-refractivity contribution in [2.24, 2.45) is 0 Å². The zero-order chi connectivity index (χ0) is 25.2. The number of imidazole rings is 1. The van der Waals surface area contributed by atoms with Crippen LogP contribution in [-0.4, -0.2) is 32.0 Å². The maximum absolute atomic E-state index is 13.6. The molecule has 1 N–H and O–H groups in total. The molecule has 0 unspecified atom stereocenters. The zero-order valence-corrected chi connectivity index (χ0v) is 19.3. The number of hydrogen-bond acceptors (Lipinski definition) is 6. The number of rotatable bonds is 5. The predicted octanol–water partition coefficient (Wildman–Crippen LogP) is 5.66. The van der Waals surface area contributed by atoms with Crippen molar-refractivity contribution in [2.45, 2.75) is 20.0 Å². The average Bonchev–Trinajstić information content (AvgIpc) is 3.23. The number of fused-ring (bicyclic) bond motifs is 1. The Morgan fingerprint density at radius 2 is 1.72 bits per heavy atom. The zero-order valence-electron chi connectivity index (χ0n) is 19.3. The highest BCUT2D eigenvalue weighted by Gasteiger charge is 2.28. The lowest BCUT2D eigenvalue weighted by molar-refractivity contribution is -0.384. The molecule has 9 nitrogen and oxygen atoms in total. The van der Waals surface area contributed by atoms with E-state index in [0.29, 0.717) is 24.6 Å². The van der Waals surface area contributed by atoms with Gasteiger partial charge in [0.25, 0.3) is 5.69 Å². The Labute approximate surface area is 205 Å². The number of nitrogens with zero attached hydrogens (tertiary/aromatic N) is 4. The van der Waals surface area contributed by atoms with E-state index in [9.17, 15) is 19.3 Å². The van der Waals surface area contributed by atoms with Gasteiger partial charge in [0.2, 0.25) is 0 Å². The van der Waals surface area contributed by atoms with Crippen LogP contribution in [0.1, 0.15) is 11.4 Å². The van der Waals surface area contributed by atoms with Gasteiger partial charge in [0.1, 0.15) is 28.9 Å². The second-order valence-corrected chi connectivity index (χ2v) is 8.42. The van der Waals surface area contributed by atoms with Crippen LogP contribution in [-0.2, 0) is 13.1 Å². The quantitative estimate of drug-likeness (QED) is 0.288. The van der Waals surface area contributed by atoms with E-state index in [0.717, 1.165) is 22.6 Å². The van der Waals surface area contributed by atoms with Gasteiger partial charge < -0.3 is 14.6 Å². The third-order valence-electron chi connectivity index (χ3n) is 5.92. The Kier molecular flexibility index (Phi) is 6.07. The van der Waals surface area contributed by atoms with Crippen molar-refractivity contribution >= 4 is 23.3 Å². The number of amides is 1. The van der Waals surface area contributed by atoms with Crippen molar-refractivity contribution in [3.63, 3.8) is 0 Å². The fourth-order valence-corrected chi connectivity index (χ4v) is 4.00. The van der Waals surface area contributed by atoms with Gasteiger partial charge in [0.15, 0.2) is 0 Å². The minimum absolute atomic E-state index is 0.0864. The third-order valence-corrected chi connectivity index (χ3v) is 5.92. The lowest BCUT2D eigenvalue weighted by atomic mass is 10.1. The lowest BCUT2D eigenvalue weighted by Crippen LogP contribution is -2.40. The number of carbonyl (C=O) groups excluding carboxylic acids is 1. The maximum atomic E-state index is 13.6. The first kappa shape index (κ1) is 23.0. The molecule has 0 saturated heterocycles. The van der Waals surface area contributed by atoms with Crippen molar-refractivity contribution in [3.05, 3.63) is 100 Å². The van der Waals surface area contributed by atoms with Crippen LogP contribution in [0, 0.1) is 22.9 Å². The Balaban J connectivity index is 1.41. The second kappa shape index (κ2) is 9.49. The number of ether oxygens (including phenoxy) is 1. The van der Waals surface area contributed by atoms with Crippen molar-refractivity contribution in [3.8, 4) is 17.0 Å². The SMILES string of the molecule is Cc1ccc(Nc2c(-c3ccc(F)cc3)nc3n2CCN(C(=O)Oc2ccc([N+](=O)[O-])cc2)C3)cc1. The van der Waals surface area contributed by atoms with Crippen molar-refractivity contribution in [1.82, 2.24) is 14.5 Å². The molecule has 0 radical (unpaired) electrons. The molecule has 10 heteroatoms. The molecule has 2 heterocycles. The van der Waals surface area contributed by atoms with E-state index in [1.54, 1.807) is 12.1 Å². The number of aryl methyl sites for hydroxylation is 1. The van der Waals surface area contributed by atoms with E-state index in [4.69, 9.17) is 9.72 Å². The van der Waals surface area contributed by atoms with Crippen molar-refractivity contribution in [2.75, 3.05) is 11.9 Å². The van der Waals surface area contributed by atoms with Gasteiger partial charge in [-0.3, -0.25) is 15.0 Å². The normalized spacial score (nSPS) is 12.7. The number of benzene rings is 3. The first-order valence-corrected chi connectivity index (χ1v) is 11.3. The largest absolute Gasteiger partial charge is 0.415 e. The van der Waals surface area contributed by atoms with Crippen molar-refractivity contribution in [1.29, 1.82) is 0 Å². The number of halogens is 1. The van der Waals surface area contributed by atoms with Gasteiger partial charge in [-0.05, 0) is 55.5 Å². The molecule has 1 aliphatic heterocycles. The molecule has 5 rings (SSSR count). The van der Waals surface area contributed by atoms with Gasteiger partial charge in [0, 0.05) is 36.5 Å². The van der Waals surface area contributed by atoms with Gasteiger partial charge in [-0.15, -0.1) is 0 Å². The molecule has 182 valence electrons. The van der Waals surface area contributed by atoms with Gasteiger partial charge >= 0.3 is 6.09 Å². The second-order valence-electron chi connectivity index (χ2n) is 8.42. The molecular weight excluding hydrogens is 465 g/mol. The monoisotopic (exact) mass is 487 g/mol. The molecule has 36 heavy (non-hydrogen) atoms. The first-order chi connectivity index (χ1) is 17.4. The van der Waals surface area contributed by atoms with Crippen LogP contribution in [0.4, 0.5) is 26.4 Å². The molecule has 3 aromatic carbocycles. The first-order valence-electron chi connectivity index (χ1n) is 11.3. The molecule has 1 amide bonds. The Hall–Kier alpha value is -4.73. The standard InChI is InChI=1S/C26H22FN5O4/c1-17-2-8-20(9-3-17)28-25-24(18-4-6-19(27)7-5-18)29-23-16-30(14-15-31(23)25)26(33)36-22-12-10-21(11-13-22)32(34)35/h2-13,28H,14-16H2,1H3. The molecule has 1 aliphatic rings. The summed E-state index contributed by atoms with van der Waals surface area (Å²) in [6.45, 7) is 3.06. The predicted molar refractivity (Wildman–Crippen MR) is 132 cm³/mol. The maximum Gasteiger partial charge on any atom is 0.415 e. The summed E-state index contributed by atoms with van der Waals surface area (Å²) in [6, 6.07) is 19.4. The molecule has 1 aromatic heterocycles. The van der Waals surface area contributed by atoms with Crippen LogP contribution in [0.3, 0.4) is 0 Å². The minimum atomic E-state index is -0.575. The molecule has 4 aromatic rings. The number of nitrogens with one attached hydrogen (secondary N) is 1. The van der Waals surface area contributed by atoms with Crippen LogP contribution in [0.25, 0.3) is 11.3 Å². The van der Waals surface area contributed by atoms with Crippen LogP contribution in [0.15, 0.2) is 72.8 Å². The summed E-state index contributed by atoms with van der Waals surface area (Å²) in [4.78, 5) is 29.4. The Morgan fingerprint density at radius 1 is 1.03 bits per heavy atom. The summed E-state index contributed by atoms with van der Waals surface area (Å²) in [6.07, 6.45) is -0.575. The lowest BCUT2D eigenvalue weighted by Gasteiger charge is -2.27. The number of carbonyl (C=O) groups is 1. The smallest absolute Gasteiger partial charge is 0.410 e.